The van der Waals surface area contributed by atoms with Gasteiger partial charge in [-0.3, -0.25) is 4.79 Å². The number of nitrogens with one attached hydrogen (secondary N) is 2. The van der Waals surface area contributed by atoms with E-state index < -0.39 is 5.82 Å². The highest BCUT2D eigenvalue weighted by molar-refractivity contribution is 6.08. The average Bonchev–Trinajstić information content (AvgIpc) is 2.47. The molecule has 0 spiro atoms. The lowest BCUT2D eigenvalue weighted by molar-refractivity contribution is 0.102. The predicted octanol–water partition coefficient (Wildman–Crippen LogP) is 3.19. The van der Waals surface area contributed by atoms with Crippen molar-refractivity contribution in [2.75, 3.05) is 36.7 Å². The Hall–Kier alpha value is -2.56. The fourth-order valence-electron chi connectivity index (χ4n) is 2.01. The van der Waals surface area contributed by atoms with Gasteiger partial charge in [0, 0.05) is 32.5 Å². The summed E-state index contributed by atoms with van der Waals surface area (Å²) in [4.78, 5) is 14.2. The summed E-state index contributed by atoms with van der Waals surface area (Å²) in [6, 6.07) is 11.8. The molecule has 0 aliphatic heterocycles. The van der Waals surface area contributed by atoms with Crippen LogP contribution in [0.15, 0.2) is 42.5 Å². The van der Waals surface area contributed by atoms with Gasteiger partial charge in [-0.2, -0.15) is 0 Å². The third-order valence-corrected chi connectivity index (χ3v) is 3.15. The Kier molecular flexibility index (Phi) is 4.42. The first-order valence-electron chi connectivity index (χ1n) is 6.58. The van der Waals surface area contributed by atoms with Gasteiger partial charge in [-0.05, 0) is 36.4 Å². The number of anilines is 3. The highest BCUT2D eigenvalue weighted by Gasteiger charge is 2.14. The first-order valence-corrected chi connectivity index (χ1v) is 6.58. The van der Waals surface area contributed by atoms with Crippen LogP contribution in [-0.2, 0) is 0 Å². The van der Waals surface area contributed by atoms with Crippen LogP contribution in [0.2, 0.25) is 0 Å². The Bertz CT molecular complexity index is 638. The van der Waals surface area contributed by atoms with E-state index in [2.05, 4.69) is 10.6 Å². The molecule has 5 heteroatoms. The predicted molar refractivity (Wildman–Crippen MR) is 84.7 cm³/mol. The van der Waals surface area contributed by atoms with Crippen molar-refractivity contribution in [3.8, 4) is 0 Å². The molecular formula is C16H18FN3O. The molecular weight excluding hydrogens is 269 g/mol. The second kappa shape index (κ2) is 6.26. The molecule has 2 aromatic rings. The molecule has 0 saturated heterocycles. The van der Waals surface area contributed by atoms with Crippen LogP contribution in [0, 0.1) is 5.82 Å². The number of hydrogen-bond donors (Lipinski definition) is 2. The van der Waals surface area contributed by atoms with Gasteiger partial charge >= 0.3 is 0 Å². The van der Waals surface area contributed by atoms with Gasteiger partial charge in [0.15, 0.2) is 0 Å². The minimum absolute atomic E-state index is 0.194. The first-order chi connectivity index (χ1) is 10.0. The summed E-state index contributed by atoms with van der Waals surface area (Å²) >= 11 is 0. The Balaban J connectivity index is 2.20. The first kappa shape index (κ1) is 14.8. The van der Waals surface area contributed by atoms with E-state index in [1.54, 1.807) is 13.1 Å². The number of rotatable bonds is 4. The summed E-state index contributed by atoms with van der Waals surface area (Å²) < 4.78 is 13.6. The van der Waals surface area contributed by atoms with Crippen molar-refractivity contribution in [3.05, 3.63) is 53.8 Å². The summed E-state index contributed by atoms with van der Waals surface area (Å²) in [7, 11) is 5.47. The Labute approximate surface area is 123 Å². The largest absolute Gasteiger partial charge is 0.385 e. The minimum atomic E-state index is -0.451. The number of halogens is 1. The van der Waals surface area contributed by atoms with Gasteiger partial charge in [-0.1, -0.05) is 6.07 Å². The third kappa shape index (κ3) is 3.31. The topological polar surface area (TPSA) is 44.4 Å². The molecule has 0 heterocycles. The number of benzene rings is 2. The van der Waals surface area contributed by atoms with Crippen molar-refractivity contribution in [2.24, 2.45) is 0 Å². The van der Waals surface area contributed by atoms with E-state index in [1.807, 2.05) is 43.3 Å². The zero-order valence-electron chi connectivity index (χ0n) is 12.3. The maximum absolute atomic E-state index is 13.6. The zero-order chi connectivity index (χ0) is 15.4. The summed E-state index contributed by atoms with van der Waals surface area (Å²) in [6.45, 7) is 0. The van der Waals surface area contributed by atoms with Crippen LogP contribution in [-0.4, -0.2) is 27.1 Å². The van der Waals surface area contributed by atoms with E-state index in [-0.39, 0.29) is 17.2 Å². The zero-order valence-corrected chi connectivity index (χ0v) is 12.3. The van der Waals surface area contributed by atoms with Gasteiger partial charge in [0.1, 0.15) is 5.82 Å². The number of hydrogen-bond acceptors (Lipinski definition) is 3. The molecule has 0 unspecified atom stereocenters. The molecule has 2 rings (SSSR count). The van der Waals surface area contributed by atoms with Crippen molar-refractivity contribution in [3.63, 3.8) is 0 Å². The van der Waals surface area contributed by atoms with Crippen LogP contribution in [0.4, 0.5) is 21.5 Å². The molecule has 1 amide bonds. The van der Waals surface area contributed by atoms with Crippen molar-refractivity contribution in [2.45, 2.75) is 0 Å². The Morgan fingerprint density at radius 3 is 2.33 bits per heavy atom. The van der Waals surface area contributed by atoms with E-state index in [1.165, 1.54) is 12.1 Å². The molecule has 110 valence electrons. The van der Waals surface area contributed by atoms with Gasteiger partial charge in [-0.25, -0.2) is 4.39 Å². The monoisotopic (exact) mass is 287 g/mol. The SMILES string of the molecule is CNc1c(F)cccc1C(=O)Nc1ccc(N(C)C)cc1. The molecule has 0 aliphatic rings. The molecule has 0 atom stereocenters. The molecule has 2 N–H and O–H groups in total. The standard InChI is InChI=1S/C16H18FN3O/c1-18-15-13(5-4-6-14(15)17)16(21)19-11-7-9-12(10-8-11)20(2)3/h4-10,18H,1-3H3,(H,19,21). The lowest BCUT2D eigenvalue weighted by Crippen LogP contribution is -2.15. The Morgan fingerprint density at radius 1 is 1.10 bits per heavy atom. The molecule has 0 radical (unpaired) electrons. The van der Waals surface area contributed by atoms with Crippen LogP contribution in [0.5, 0.6) is 0 Å². The number of nitrogens with zero attached hydrogens (tertiary/aromatic N) is 1. The smallest absolute Gasteiger partial charge is 0.257 e. The van der Waals surface area contributed by atoms with Crippen LogP contribution in [0.3, 0.4) is 0 Å². The summed E-state index contributed by atoms with van der Waals surface area (Å²) in [6.07, 6.45) is 0. The van der Waals surface area contributed by atoms with Gasteiger partial charge in [0.05, 0.1) is 11.3 Å². The van der Waals surface area contributed by atoms with Gasteiger partial charge in [-0.15, -0.1) is 0 Å². The number of carbonyl (C=O) groups excluding carboxylic acids is 1. The molecule has 4 nitrogen and oxygen atoms in total. The molecule has 0 saturated carbocycles. The third-order valence-electron chi connectivity index (χ3n) is 3.15. The minimum Gasteiger partial charge on any atom is -0.385 e. The van der Waals surface area contributed by atoms with Crippen LogP contribution in [0.1, 0.15) is 10.4 Å². The van der Waals surface area contributed by atoms with Crippen molar-refractivity contribution >= 4 is 23.0 Å². The second-order valence-corrected chi connectivity index (χ2v) is 4.81. The lowest BCUT2D eigenvalue weighted by atomic mass is 10.1. The van der Waals surface area contributed by atoms with Gasteiger partial charge in [0.2, 0.25) is 0 Å². The highest BCUT2D eigenvalue weighted by atomic mass is 19.1. The van der Waals surface area contributed by atoms with Crippen molar-refractivity contribution < 1.29 is 9.18 Å². The maximum Gasteiger partial charge on any atom is 0.257 e. The quantitative estimate of drug-likeness (QED) is 0.907. The molecule has 0 fully saturated rings. The van der Waals surface area contributed by atoms with E-state index in [4.69, 9.17) is 0 Å². The van der Waals surface area contributed by atoms with Crippen molar-refractivity contribution in [1.82, 2.24) is 0 Å². The van der Waals surface area contributed by atoms with Crippen LogP contribution >= 0.6 is 0 Å². The van der Waals surface area contributed by atoms with Gasteiger partial charge < -0.3 is 15.5 Å². The molecule has 21 heavy (non-hydrogen) atoms. The van der Waals surface area contributed by atoms with E-state index in [0.717, 1.165) is 5.69 Å². The molecule has 0 aliphatic carbocycles. The maximum atomic E-state index is 13.6. The van der Waals surface area contributed by atoms with E-state index >= 15 is 0 Å². The highest BCUT2D eigenvalue weighted by Crippen LogP contribution is 2.21. The molecule has 0 bridgehead atoms. The van der Waals surface area contributed by atoms with Gasteiger partial charge in [0.25, 0.3) is 5.91 Å². The number of carbonyl (C=O) groups is 1. The number of para-hydroxylation sites is 1. The summed E-state index contributed by atoms with van der Waals surface area (Å²) in [5.74, 6) is -0.801. The second-order valence-electron chi connectivity index (χ2n) is 4.81. The van der Waals surface area contributed by atoms with Crippen LogP contribution < -0.4 is 15.5 Å². The fourth-order valence-corrected chi connectivity index (χ4v) is 2.01. The normalized spacial score (nSPS) is 10.1. The summed E-state index contributed by atoms with van der Waals surface area (Å²) in [5.41, 5.74) is 2.17. The van der Waals surface area contributed by atoms with Crippen LogP contribution in [0.25, 0.3) is 0 Å². The molecule has 0 aromatic heterocycles. The number of amides is 1. The van der Waals surface area contributed by atoms with Crippen molar-refractivity contribution in [1.29, 1.82) is 0 Å². The summed E-state index contributed by atoms with van der Waals surface area (Å²) in [5, 5.41) is 5.47. The fraction of sp³-hybridized carbons (Fsp3) is 0.188. The Morgan fingerprint density at radius 2 is 1.76 bits per heavy atom. The average molecular weight is 287 g/mol. The van der Waals surface area contributed by atoms with E-state index in [9.17, 15) is 9.18 Å². The van der Waals surface area contributed by atoms with E-state index in [0.29, 0.717) is 5.69 Å². The lowest BCUT2D eigenvalue weighted by Gasteiger charge is -2.14. The molecule has 2 aromatic carbocycles.